The van der Waals surface area contributed by atoms with Gasteiger partial charge in [0.15, 0.2) is 23.0 Å². The first-order valence-corrected chi connectivity index (χ1v) is 9.27. The number of aromatic hydroxyl groups is 4. The van der Waals surface area contributed by atoms with Gasteiger partial charge in [0.05, 0.1) is 9.79 Å². The van der Waals surface area contributed by atoms with Crippen LogP contribution in [0.3, 0.4) is 0 Å². The highest BCUT2D eigenvalue weighted by Gasteiger charge is 2.22. The number of phenolic OH excluding ortho intramolecular Hbond substituents is 4. The summed E-state index contributed by atoms with van der Waals surface area (Å²) >= 11 is 1.13. The van der Waals surface area contributed by atoms with Gasteiger partial charge in [-0.05, 0) is 35.4 Å². The highest BCUT2D eigenvalue weighted by atomic mass is 32.2. The molecular weight excluding hydrogens is 360 g/mol. The molecule has 0 bridgehead atoms. The molecule has 136 valence electrons. The first kappa shape index (κ1) is 17.4. The second kappa shape index (κ2) is 6.28. The standard InChI is InChI=1S/C22H18O4S/c1-11-13-7-3-5-9-15(13)21(19(25)17(11)23)27-22-16-10-6-4-8-14(16)12(2)18(24)20(22)26/h3-10,23-26H,1-2H3. The van der Waals surface area contributed by atoms with E-state index >= 15 is 0 Å². The first-order chi connectivity index (χ1) is 12.9. The SMILES string of the molecule is Cc1c(O)c(O)c(Sc2c(O)c(O)c(C)c3ccccc23)c2ccccc12. The van der Waals surface area contributed by atoms with E-state index < -0.39 is 0 Å². The van der Waals surface area contributed by atoms with Crippen LogP contribution in [0.5, 0.6) is 23.0 Å². The Balaban J connectivity index is 2.05. The van der Waals surface area contributed by atoms with Crippen LogP contribution >= 0.6 is 11.8 Å². The highest BCUT2D eigenvalue weighted by molar-refractivity contribution is 8.00. The Labute approximate surface area is 160 Å². The van der Waals surface area contributed by atoms with Crippen molar-refractivity contribution < 1.29 is 20.4 Å². The molecule has 4 aromatic carbocycles. The maximum Gasteiger partial charge on any atom is 0.172 e. The molecule has 0 heterocycles. The average Bonchev–Trinajstić information content (AvgIpc) is 2.70. The van der Waals surface area contributed by atoms with Crippen molar-refractivity contribution in [2.24, 2.45) is 0 Å². The van der Waals surface area contributed by atoms with E-state index in [4.69, 9.17) is 0 Å². The molecule has 0 atom stereocenters. The van der Waals surface area contributed by atoms with E-state index in [1.165, 1.54) is 0 Å². The number of benzene rings is 4. The Hall–Kier alpha value is -3.05. The van der Waals surface area contributed by atoms with Gasteiger partial charge in [-0.25, -0.2) is 0 Å². The lowest BCUT2D eigenvalue weighted by Crippen LogP contribution is -1.89. The van der Waals surface area contributed by atoms with E-state index in [2.05, 4.69) is 0 Å². The van der Waals surface area contributed by atoms with Gasteiger partial charge < -0.3 is 20.4 Å². The number of hydrogen-bond acceptors (Lipinski definition) is 5. The predicted molar refractivity (Wildman–Crippen MR) is 108 cm³/mol. The minimum absolute atomic E-state index is 0.184. The molecule has 4 aromatic rings. The van der Waals surface area contributed by atoms with Crippen molar-refractivity contribution >= 4 is 33.3 Å². The first-order valence-electron chi connectivity index (χ1n) is 8.46. The molecular formula is C22H18O4S. The Morgan fingerprint density at radius 1 is 0.519 bits per heavy atom. The van der Waals surface area contributed by atoms with Gasteiger partial charge in [0.25, 0.3) is 0 Å². The molecule has 0 saturated carbocycles. The van der Waals surface area contributed by atoms with Crippen LogP contribution in [0.4, 0.5) is 0 Å². The second-order valence-corrected chi connectivity index (χ2v) is 7.52. The lowest BCUT2D eigenvalue weighted by atomic mass is 10.0. The van der Waals surface area contributed by atoms with Gasteiger partial charge in [-0.1, -0.05) is 60.3 Å². The van der Waals surface area contributed by atoms with Crippen LogP contribution in [-0.4, -0.2) is 20.4 Å². The van der Waals surface area contributed by atoms with E-state index in [-0.39, 0.29) is 23.0 Å². The molecule has 0 fully saturated rings. The van der Waals surface area contributed by atoms with Crippen molar-refractivity contribution in [1.29, 1.82) is 0 Å². The second-order valence-electron chi connectivity index (χ2n) is 6.50. The fraction of sp³-hybridized carbons (Fsp3) is 0.0909. The number of hydrogen-bond donors (Lipinski definition) is 4. The molecule has 5 heteroatoms. The van der Waals surface area contributed by atoms with Gasteiger partial charge in [0.2, 0.25) is 0 Å². The smallest absolute Gasteiger partial charge is 0.172 e. The number of rotatable bonds is 2. The van der Waals surface area contributed by atoms with Gasteiger partial charge in [-0.3, -0.25) is 0 Å². The van der Waals surface area contributed by atoms with Gasteiger partial charge in [-0.2, -0.15) is 0 Å². The van der Waals surface area contributed by atoms with Gasteiger partial charge >= 0.3 is 0 Å². The lowest BCUT2D eigenvalue weighted by molar-refractivity contribution is 0.392. The van der Waals surface area contributed by atoms with Gasteiger partial charge in [0, 0.05) is 11.1 Å². The molecule has 27 heavy (non-hydrogen) atoms. The topological polar surface area (TPSA) is 80.9 Å². The molecule has 0 unspecified atom stereocenters. The number of fused-ring (bicyclic) bond motifs is 2. The number of aryl methyl sites for hydroxylation is 2. The quantitative estimate of drug-likeness (QED) is 0.342. The average molecular weight is 378 g/mol. The lowest BCUT2D eigenvalue weighted by Gasteiger charge is -2.17. The molecule has 0 saturated heterocycles. The van der Waals surface area contributed by atoms with Crippen LogP contribution in [0, 0.1) is 13.8 Å². The Morgan fingerprint density at radius 2 is 0.852 bits per heavy atom. The fourth-order valence-corrected chi connectivity index (χ4v) is 4.57. The summed E-state index contributed by atoms with van der Waals surface area (Å²) in [5.74, 6) is -0.841. The third-order valence-corrected chi connectivity index (χ3v) is 6.18. The zero-order chi connectivity index (χ0) is 19.3. The maximum atomic E-state index is 10.6. The maximum absolute atomic E-state index is 10.6. The summed E-state index contributed by atoms with van der Waals surface area (Å²) < 4.78 is 0. The molecule has 0 aliphatic rings. The van der Waals surface area contributed by atoms with Crippen molar-refractivity contribution in [3.63, 3.8) is 0 Å². The van der Waals surface area contributed by atoms with E-state index in [0.29, 0.717) is 20.9 Å². The van der Waals surface area contributed by atoms with Crippen LogP contribution < -0.4 is 0 Å². The molecule has 4 nitrogen and oxygen atoms in total. The molecule has 4 rings (SSSR count). The Morgan fingerprint density at radius 3 is 1.22 bits per heavy atom. The van der Waals surface area contributed by atoms with Crippen molar-refractivity contribution in [1.82, 2.24) is 0 Å². The zero-order valence-corrected chi connectivity index (χ0v) is 15.6. The molecule has 0 aliphatic heterocycles. The van der Waals surface area contributed by atoms with E-state index in [1.807, 2.05) is 48.5 Å². The Kier molecular flexibility index (Phi) is 4.04. The largest absolute Gasteiger partial charge is 0.504 e. The van der Waals surface area contributed by atoms with Crippen molar-refractivity contribution in [2.45, 2.75) is 23.6 Å². The third kappa shape index (κ3) is 2.54. The molecule has 4 N–H and O–H groups in total. The minimum atomic E-state index is -0.236. The summed E-state index contributed by atoms with van der Waals surface area (Å²) in [5.41, 5.74) is 1.18. The van der Waals surface area contributed by atoms with Crippen molar-refractivity contribution in [2.75, 3.05) is 0 Å². The summed E-state index contributed by atoms with van der Waals surface area (Å²) in [7, 11) is 0. The zero-order valence-electron chi connectivity index (χ0n) is 14.8. The summed E-state index contributed by atoms with van der Waals surface area (Å²) in [6, 6.07) is 14.9. The van der Waals surface area contributed by atoms with Crippen molar-refractivity contribution in [3.8, 4) is 23.0 Å². The van der Waals surface area contributed by atoms with Crippen LogP contribution in [-0.2, 0) is 0 Å². The fourth-order valence-electron chi connectivity index (χ4n) is 3.41. The predicted octanol–water partition coefficient (Wildman–Crippen LogP) is 5.58. The molecule has 0 aliphatic carbocycles. The highest BCUT2D eigenvalue weighted by Crippen LogP contribution is 2.52. The van der Waals surface area contributed by atoms with E-state index in [1.54, 1.807) is 13.8 Å². The molecule has 0 radical (unpaired) electrons. The van der Waals surface area contributed by atoms with Crippen LogP contribution in [0.1, 0.15) is 11.1 Å². The van der Waals surface area contributed by atoms with E-state index in [9.17, 15) is 20.4 Å². The van der Waals surface area contributed by atoms with Crippen LogP contribution in [0.25, 0.3) is 21.5 Å². The third-order valence-electron chi connectivity index (χ3n) is 4.94. The number of phenols is 4. The normalized spacial score (nSPS) is 11.3. The minimum Gasteiger partial charge on any atom is -0.504 e. The summed E-state index contributed by atoms with van der Waals surface area (Å²) in [4.78, 5) is 0.856. The van der Waals surface area contributed by atoms with Gasteiger partial charge in [-0.15, -0.1) is 0 Å². The van der Waals surface area contributed by atoms with Crippen LogP contribution in [0.2, 0.25) is 0 Å². The van der Waals surface area contributed by atoms with Crippen molar-refractivity contribution in [3.05, 3.63) is 59.7 Å². The molecule has 0 amide bonds. The molecule has 0 spiro atoms. The van der Waals surface area contributed by atoms with Gasteiger partial charge in [0.1, 0.15) is 0 Å². The van der Waals surface area contributed by atoms with E-state index in [0.717, 1.165) is 33.3 Å². The van der Waals surface area contributed by atoms with Crippen LogP contribution in [0.15, 0.2) is 58.3 Å². The Bertz CT molecular complexity index is 1120. The monoisotopic (exact) mass is 378 g/mol. The summed E-state index contributed by atoms with van der Waals surface area (Å²) in [6.45, 7) is 3.49. The molecule has 0 aromatic heterocycles. The summed E-state index contributed by atoms with van der Waals surface area (Å²) in [6.07, 6.45) is 0. The summed E-state index contributed by atoms with van der Waals surface area (Å²) in [5, 5.41) is 45.1.